The maximum Gasteiger partial charge on any atom is 0.279 e. The second-order valence-corrected chi connectivity index (χ2v) is 5.56. The van der Waals surface area contributed by atoms with E-state index in [1.807, 2.05) is 0 Å². The van der Waals surface area contributed by atoms with E-state index in [0.29, 0.717) is 11.4 Å². The first-order valence-electron chi connectivity index (χ1n) is 7.94. The van der Waals surface area contributed by atoms with Gasteiger partial charge in [0.2, 0.25) is 0 Å². The molecule has 3 rings (SSSR count). The molecule has 0 aliphatic carbocycles. The molecule has 0 spiro atoms. The smallest absolute Gasteiger partial charge is 0.279 e. The number of pyridine rings is 1. The van der Waals surface area contributed by atoms with E-state index in [2.05, 4.69) is 15.8 Å². The van der Waals surface area contributed by atoms with Gasteiger partial charge in [-0.25, -0.2) is 9.37 Å². The number of carbonyl (C=O) groups excluding carboxylic acids is 2. The zero-order valence-corrected chi connectivity index (χ0v) is 14.2. The molecule has 2 heterocycles. The Hall–Kier alpha value is -3.75. The third-order valence-corrected chi connectivity index (χ3v) is 3.65. The summed E-state index contributed by atoms with van der Waals surface area (Å²) in [5.41, 5.74) is 3.92. The van der Waals surface area contributed by atoms with E-state index >= 15 is 0 Å². The lowest BCUT2D eigenvalue weighted by Crippen LogP contribution is -2.48. The van der Waals surface area contributed by atoms with Gasteiger partial charge in [-0.1, -0.05) is 6.07 Å². The lowest BCUT2D eigenvalue weighted by molar-refractivity contribution is -0.128. The number of amides is 2. The fourth-order valence-electron chi connectivity index (χ4n) is 2.24. The summed E-state index contributed by atoms with van der Waals surface area (Å²) in [4.78, 5) is 40.5. The molecule has 0 saturated carbocycles. The summed E-state index contributed by atoms with van der Waals surface area (Å²) in [6, 6.07) is 10.1. The first-order chi connectivity index (χ1) is 13.0. The first kappa shape index (κ1) is 18.1. The topological polar surface area (TPSA) is 102 Å². The molecule has 0 fully saturated rings. The van der Waals surface area contributed by atoms with Crippen molar-refractivity contribution in [2.75, 3.05) is 0 Å². The van der Waals surface area contributed by atoms with E-state index in [9.17, 15) is 18.8 Å². The number of aromatic nitrogens is 2. The van der Waals surface area contributed by atoms with Crippen LogP contribution >= 0.6 is 0 Å². The predicted molar refractivity (Wildman–Crippen MR) is 93.6 cm³/mol. The molecule has 9 heteroatoms. The van der Waals surface area contributed by atoms with Gasteiger partial charge in [-0.2, -0.15) is 0 Å². The zero-order valence-electron chi connectivity index (χ0n) is 14.2. The van der Waals surface area contributed by atoms with Crippen molar-refractivity contribution in [3.63, 3.8) is 0 Å². The SMILES string of the molecule is CC(Oc1ccc(F)cc1)C(=O)NNC(=O)c1cnc2ccccn2c1=O. The van der Waals surface area contributed by atoms with Crippen LogP contribution in [0.4, 0.5) is 4.39 Å². The lowest BCUT2D eigenvalue weighted by Gasteiger charge is -2.15. The van der Waals surface area contributed by atoms with E-state index in [4.69, 9.17) is 4.74 Å². The predicted octanol–water partition coefficient (Wildman–Crippen LogP) is 1.06. The summed E-state index contributed by atoms with van der Waals surface area (Å²) in [5.74, 6) is -1.60. The van der Waals surface area contributed by atoms with Crippen LogP contribution in [0.3, 0.4) is 0 Å². The molecule has 27 heavy (non-hydrogen) atoms. The van der Waals surface area contributed by atoms with Crippen LogP contribution in [0.15, 0.2) is 59.7 Å². The molecule has 2 amide bonds. The van der Waals surface area contributed by atoms with Crippen molar-refractivity contribution in [2.45, 2.75) is 13.0 Å². The van der Waals surface area contributed by atoms with Crippen LogP contribution in [0.25, 0.3) is 5.65 Å². The molecule has 0 saturated heterocycles. The summed E-state index contributed by atoms with van der Waals surface area (Å²) < 4.78 is 19.4. The van der Waals surface area contributed by atoms with Crippen LogP contribution < -0.4 is 21.1 Å². The second kappa shape index (κ2) is 7.65. The third-order valence-electron chi connectivity index (χ3n) is 3.65. The highest BCUT2D eigenvalue weighted by atomic mass is 19.1. The minimum Gasteiger partial charge on any atom is -0.481 e. The fraction of sp³-hybridized carbons (Fsp3) is 0.111. The van der Waals surface area contributed by atoms with E-state index in [1.165, 1.54) is 41.8 Å². The summed E-state index contributed by atoms with van der Waals surface area (Å²) in [5, 5.41) is 0. The Labute approximate surface area is 152 Å². The number of nitrogens with one attached hydrogen (secondary N) is 2. The van der Waals surface area contributed by atoms with Crippen LogP contribution in [0, 0.1) is 5.82 Å². The van der Waals surface area contributed by atoms with Crippen molar-refractivity contribution in [1.82, 2.24) is 20.2 Å². The number of rotatable bonds is 4. The summed E-state index contributed by atoms with van der Waals surface area (Å²) in [6.07, 6.45) is 1.66. The number of halogens is 1. The number of fused-ring (bicyclic) bond motifs is 1. The minimum atomic E-state index is -0.966. The molecule has 138 valence electrons. The Morgan fingerprint density at radius 1 is 1.15 bits per heavy atom. The third kappa shape index (κ3) is 4.09. The number of carbonyl (C=O) groups is 2. The average molecular weight is 370 g/mol. The normalized spacial score (nSPS) is 11.6. The Balaban J connectivity index is 1.63. The standard InChI is InChI=1S/C18H15FN4O4/c1-11(27-13-7-5-12(19)6-8-13)16(24)21-22-17(25)14-10-20-15-4-2-3-9-23(15)18(14)26/h2-11H,1H3,(H,21,24)(H,22,25). The fourth-order valence-corrected chi connectivity index (χ4v) is 2.24. The van der Waals surface area contributed by atoms with Gasteiger partial charge in [-0.05, 0) is 43.3 Å². The largest absolute Gasteiger partial charge is 0.481 e. The second-order valence-electron chi connectivity index (χ2n) is 5.56. The number of hydrogen-bond acceptors (Lipinski definition) is 5. The number of hydrogen-bond donors (Lipinski definition) is 2. The number of benzene rings is 1. The van der Waals surface area contributed by atoms with Crippen LogP contribution in [0.5, 0.6) is 5.75 Å². The van der Waals surface area contributed by atoms with Crippen molar-refractivity contribution in [3.8, 4) is 5.75 Å². The summed E-state index contributed by atoms with van der Waals surface area (Å²) in [6.45, 7) is 1.46. The van der Waals surface area contributed by atoms with Gasteiger partial charge in [0.25, 0.3) is 17.4 Å². The maximum absolute atomic E-state index is 12.9. The van der Waals surface area contributed by atoms with Gasteiger partial charge in [0.1, 0.15) is 22.8 Å². The van der Waals surface area contributed by atoms with Gasteiger partial charge in [0.05, 0.1) is 0 Å². The van der Waals surface area contributed by atoms with Crippen LogP contribution in [0.1, 0.15) is 17.3 Å². The molecule has 1 aromatic carbocycles. The van der Waals surface area contributed by atoms with Crippen molar-refractivity contribution < 1.29 is 18.7 Å². The van der Waals surface area contributed by atoms with Crippen molar-refractivity contribution in [1.29, 1.82) is 0 Å². The van der Waals surface area contributed by atoms with Gasteiger partial charge in [0.15, 0.2) is 6.10 Å². The monoisotopic (exact) mass is 370 g/mol. The first-order valence-corrected chi connectivity index (χ1v) is 7.94. The average Bonchev–Trinajstić information content (AvgIpc) is 2.68. The Morgan fingerprint density at radius 2 is 1.89 bits per heavy atom. The lowest BCUT2D eigenvalue weighted by atomic mass is 10.3. The van der Waals surface area contributed by atoms with Crippen molar-refractivity contribution in [2.24, 2.45) is 0 Å². The van der Waals surface area contributed by atoms with Crippen LogP contribution in [0.2, 0.25) is 0 Å². The molecule has 0 aliphatic heterocycles. The molecule has 1 unspecified atom stereocenters. The molecule has 2 aromatic heterocycles. The van der Waals surface area contributed by atoms with Gasteiger partial charge >= 0.3 is 0 Å². The molecular weight excluding hydrogens is 355 g/mol. The highest BCUT2D eigenvalue weighted by molar-refractivity contribution is 5.95. The van der Waals surface area contributed by atoms with Gasteiger partial charge < -0.3 is 4.74 Å². The van der Waals surface area contributed by atoms with Crippen molar-refractivity contribution in [3.05, 3.63) is 76.6 Å². The highest BCUT2D eigenvalue weighted by Gasteiger charge is 2.18. The molecule has 2 N–H and O–H groups in total. The van der Waals surface area contributed by atoms with Gasteiger partial charge in [-0.15, -0.1) is 0 Å². The summed E-state index contributed by atoms with van der Waals surface area (Å²) in [7, 11) is 0. The van der Waals surface area contributed by atoms with E-state index < -0.39 is 29.3 Å². The van der Waals surface area contributed by atoms with Crippen LogP contribution in [-0.2, 0) is 4.79 Å². The number of ether oxygens (including phenoxy) is 1. The van der Waals surface area contributed by atoms with E-state index in [1.54, 1.807) is 18.2 Å². The zero-order chi connectivity index (χ0) is 19.4. The highest BCUT2D eigenvalue weighted by Crippen LogP contribution is 2.12. The van der Waals surface area contributed by atoms with Crippen LogP contribution in [-0.4, -0.2) is 27.3 Å². The Bertz CT molecular complexity index is 1050. The quantitative estimate of drug-likeness (QED) is 0.669. The summed E-state index contributed by atoms with van der Waals surface area (Å²) >= 11 is 0. The molecule has 0 bridgehead atoms. The molecule has 1 atom stereocenters. The molecule has 8 nitrogen and oxygen atoms in total. The van der Waals surface area contributed by atoms with Gasteiger partial charge in [-0.3, -0.25) is 29.6 Å². The molecule has 3 aromatic rings. The number of hydrazine groups is 1. The number of nitrogens with zero attached hydrogens (tertiary/aromatic N) is 2. The maximum atomic E-state index is 12.9. The van der Waals surface area contributed by atoms with E-state index in [-0.39, 0.29) is 5.56 Å². The Kier molecular flexibility index (Phi) is 5.11. The minimum absolute atomic E-state index is 0.230. The molecular formula is C18H15FN4O4. The Morgan fingerprint density at radius 3 is 2.63 bits per heavy atom. The van der Waals surface area contributed by atoms with Gasteiger partial charge in [0, 0.05) is 12.4 Å². The van der Waals surface area contributed by atoms with Crippen molar-refractivity contribution >= 4 is 17.5 Å². The molecule has 0 radical (unpaired) electrons. The van der Waals surface area contributed by atoms with E-state index in [0.717, 1.165) is 6.20 Å². The molecule has 0 aliphatic rings.